The normalized spacial score (nSPS) is 10.4. The molecule has 0 saturated heterocycles. The zero-order valence-electron chi connectivity index (χ0n) is 87.0. The molecule has 0 aromatic heterocycles. The largest absolute Gasteiger partial charge is 2.00 e. The van der Waals surface area contributed by atoms with E-state index < -0.39 is 0 Å². The Bertz CT molecular complexity index is 1640. The van der Waals surface area contributed by atoms with Crippen molar-refractivity contribution in [1.82, 2.24) is 19.6 Å². The first-order chi connectivity index (χ1) is 61.9. The molecule has 0 aliphatic heterocycles. The Balaban J connectivity index is -0.000000156. The van der Waals surface area contributed by atoms with Gasteiger partial charge in [0.05, 0.1) is 0 Å². The zero-order chi connectivity index (χ0) is 94.5. The summed E-state index contributed by atoms with van der Waals surface area (Å²) < 4.78 is 27.5. The summed E-state index contributed by atoms with van der Waals surface area (Å²) in [7, 11) is 0. The second-order valence-electron chi connectivity index (χ2n) is 37.3. The summed E-state index contributed by atoms with van der Waals surface area (Å²) in [4.78, 5) is 9.14. The molecule has 0 aromatic rings. The molecule has 0 spiro atoms. The minimum absolute atomic E-state index is 0. The number of nitrogens with zero attached hydrogens (tertiary/aromatic N) is 4. The van der Waals surface area contributed by atoms with Gasteiger partial charge in [0.1, 0.15) is 0 Å². The van der Waals surface area contributed by atoms with Gasteiger partial charge in [-0.05, 0) is 51.4 Å². The van der Waals surface area contributed by atoms with E-state index in [1.54, 1.807) is 0 Å². The summed E-state index contributed by atoms with van der Waals surface area (Å²) in [5.74, 6) is 0. The average Bonchev–Trinajstić information content (AvgIpc) is 0.983. The van der Waals surface area contributed by atoms with Crippen LogP contribution in [0.15, 0.2) is 0 Å². The molecule has 0 radical (unpaired) electrons. The number of hydrogen-bond donors (Lipinski definition) is 0. The van der Waals surface area contributed by atoms with Crippen molar-refractivity contribution in [3.05, 3.63) is 0 Å². The standard InChI is InChI=1S/4C27H55NS2.3Mo.3O.4S/c4*1-3-5-7-9-11-13-15-17-19-21-23-25-28(27(29)30)26-24-22-20-18-16-14-12-10-8-6-4-2;;;;;;;;;;/h4*3-26H2,1-2H3,(H,29,30);;;;;;;;;;/q;;;;3*+4;;;;4*-2/p-4. The second-order valence-corrected chi connectivity index (χ2v) is 41.4. The van der Waals surface area contributed by atoms with E-state index in [-0.39, 0.29) is 54.0 Å². The first kappa shape index (κ1) is 156. The average molecular weight is 2290 g/mol. The minimum atomic E-state index is 0. The van der Waals surface area contributed by atoms with Crippen molar-refractivity contribution in [3.63, 3.8) is 0 Å². The van der Waals surface area contributed by atoms with Gasteiger partial charge in [0, 0.05) is 52.4 Å². The zero-order valence-corrected chi connectivity index (χ0v) is 103. The minimum Gasteiger partial charge on any atom is -2.00 e. The van der Waals surface area contributed by atoms with Crippen LogP contribution in [0.2, 0.25) is 0 Å². The molecule has 0 aliphatic carbocycles. The van der Waals surface area contributed by atoms with Gasteiger partial charge in [-0.15, -0.1) is 0 Å². The van der Waals surface area contributed by atoms with Gasteiger partial charge in [0.25, 0.3) is 0 Å². The van der Waals surface area contributed by atoms with Crippen LogP contribution in [0.3, 0.4) is 0 Å². The van der Waals surface area contributed by atoms with E-state index in [2.05, 4.69) is 75.0 Å². The molecule has 776 valence electrons. The maximum atomic E-state index is 8.26. The van der Waals surface area contributed by atoms with Gasteiger partial charge in [0.2, 0.25) is 0 Å². The molecule has 0 heterocycles. The van der Waals surface area contributed by atoms with Crippen LogP contribution >= 0.6 is 48.9 Å². The topological polar surface area (TPSA) is 64.2 Å². The summed E-state index contributed by atoms with van der Waals surface area (Å²) >= 11 is 44.6. The second kappa shape index (κ2) is 150. The number of rotatable bonds is 96. The molecular formula is C108H216Mo3N4O3S12. The Morgan fingerprint density at radius 1 is 0.138 bits per heavy atom. The third kappa shape index (κ3) is 147. The van der Waals surface area contributed by atoms with Crippen molar-refractivity contribution in [1.29, 1.82) is 0 Å². The molecule has 0 rings (SSSR count). The van der Waals surface area contributed by atoms with Gasteiger partial charge in [-0.1, -0.05) is 586 Å². The van der Waals surface area contributed by atoms with Crippen molar-refractivity contribution in [2.75, 3.05) is 52.4 Å². The fourth-order valence-corrected chi connectivity index (χ4v) is 18.4. The van der Waals surface area contributed by atoms with Crippen LogP contribution in [0.5, 0.6) is 0 Å². The molecule has 0 fully saturated rings. The Labute approximate surface area is 922 Å². The van der Waals surface area contributed by atoms with Crippen molar-refractivity contribution in [2.24, 2.45) is 0 Å². The fraction of sp³-hybridized carbons (Fsp3) is 0.963. The van der Waals surface area contributed by atoms with E-state index in [0.717, 1.165) is 52.4 Å². The summed E-state index contributed by atoms with van der Waals surface area (Å²) in [6.45, 7) is 27.0. The molecule has 0 aromatic carbocycles. The smallest absolute Gasteiger partial charge is 2.00 e. The van der Waals surface area contributed by atoms with Gasteiger partial charge >= 0.3 is 69.5 Å². The van der Waals surface area contributed by atoms with E-state index in [4.69, 9.17) is 110 Å². The van der Waals surface area contributed by atoms with Crippen LogP contribution in [-0.2, 0) is 174 Å². The van der Waals surface area contributed by atoms with Crippen molar-refractivity contribution >= 4 is 171 Å². The number of hydrogen-bond acceptors (Lipinski definition) is 11. The summed E-state index contributed by atoms with van der Waals surface area (Å²) in [5.41, 5.74) is 0. The van der Waals surface area contributed by atoms with E-state index in [1.165, 1.54) is 565 Å². The van der Waals surface area contributed by atoms with Gasteiger partial charge in [-0.3, -0.25) is 0 Å². The van der Waals surface area contributed by atoms with Crippen LogP contribution in [0.25, 0.3) is 0 Å². The van der Waals surface area contributed by atoms with Crippen LogP contribution in [-0.4, -0.2) is 89.2 Å². The fourth-order valence-electron chi connectivity index (χ4n) is 16.9. The Kier molecular flexibility index (Phi) is 180. The molecule has 0 saturated carbocycles. The Morgan fingerprint density at radius 3 is 0.246 bits per heavy atom. The van der Waals surface area contributed by atoms with E-state index in [0.29, 0.717) is 76.6 Å². The van der Waals surface area contributed by atoms with Crippen LogP contribution in [0, 0.1) is 0 Å². The Hall–Kier alpha value is 3.30. The first-order valence-corrected chi connectivity index (χ1v) is 60.9. The van der Waals surface area contributed by atoms with E-state index in [9.17, 15) is 0 Å². The molecule has 0 unspecified atom stereocenters. The molecule has 0 aliphatic rings. The van der Waals surface area contributed by atoms with Crippen molar-refractivity contribution in [2.45, 2.75) is 620 Å². The molecule has 22 heteroatoms. The molecule has 130 heavy (non-hydrogen) atoms. The maximum absolute atomic E-state index is 8.26. The predicted molar refractivity (Wildman–Crippen MR) is 609 cm³/mol. The summed E-state index contributed by atoms with van der Waals surface area (Å²) in [6.07, 6.45) is 123. The maximum Gasteiger partial charge on any atom is -2.00 e. The predicted octanol–water partition coefficient (Wildman–Crippen LogP) is 38.6. The molecular weight excluding hydrogens is 2070 g/mol. The quantitative estimate of drug-likeness (QED) is 0.0251. The third-order valence-corrected chi connectivity index (χ3v) is 27.4. The van der Waals surface area contributed by atoms with Crippen molar-refractivity contribution < 1.29 is 69.5 Å². The van der Waals surface area contributed by atoms with E-state index >= 15 is 0 Å². The summed E-state index contributed by atoms with van der Waals surface area (Å²) in [5, 5.41) is 0. The third-order valence-electron chi connectivity index (χ3n) is 25.3. The summed E-state index contributed by atoms with van der Waals surface area (Å²) in [6, 6.07) is 0. The number of unbranched alkanes of at least 4 members (excludes halogenated alkanes) is 80. The monoisotopic (exact) mass is 2300 g/mol. The molecule has 0 N–H and O–H groups in total. The number of thiocarbonyl (C=S) groups is 4. The first-order valence-electron chi connectivity index (χ1n) is 55.2. The van der Waals surface area contributed by atoms with Crippen molar-refractivity contribution in [3.8, 4) is 0 Å². The van der Waals surface area contributed by atoms with Crippen LogP contribution in [0.1, 0.15) is 620 Å². The van der Waals surface area contributed by atoms with Gasteiger partial charge in [0.15, 0.2) is 0 Å². The molecule has 0 atom stereocenters. The Morgan fingerprint density at radius 2 is 0.192 bits per heavy atom. The van der Waals surface area contributed by atoms with Crippen LogP contribution < -0.4 is 0 Å². The van der Waals surface area contributed by atoms with E-state index in [1.807, 2.05) is 0 Å². The molecule has 0 amide bonds. The van der Waals surface area contributed by atoms with Gasteiger partial charge in [-0.2, -0.15) is 0 Å². The van der Waals surface area contributed by atoms with Gasteiger partial charge < -0.3 is 173 Å². The molecule has 0 bridgehead atoms. The molecule has 7 nitrogen and oxygen atoms in total. The SMILES string of the molecule is CCCCCCCCCCCCCN(CCCCCCCCCCCCC)C(=S)[S-].CCCCCCCCCCCCCN(CCCCCCCCCCCCC)C(=S)[S-].CCCCCCCCCCCCCN(CCCCCCCCCCCCC)C(=S)[S-].CCCCCCCCCCCCCN(CCCCCCCCCCCCC)C(=S)[S-].[O]=[Mo+4].[O]=[Mo+4].[O]=[Mo+4].[S-2].[S-2].[S-2].[S-2]. The van der Waals surface area contributed by atoms with Crippen LogP contribution in [0.4, 0.5) is 0 Å². The van der Waals surface area contributed by atoms with Gasteiger partial charge in [-0.25, -0.2) is 0 Å².